The van der Waals surface area contributed by atoms with E-state index in [0.717, 1.165) is 25.9 Å². The standard InChI is InChI=1S/C20H41N5O4S.HI/c1-7-20(8-2,24-18(26)29-19(4,5)6)16-23-17(21-9-3)22-10-11-25-12-14-30(27,28)15-13-25;/h7-16H2,1-6H3,(H,24,26)(H2,21,22,23);1H. The van der Waals surface area contributed by atoms with Crippen LogP contribution in [0.25, 0.3) is 0 Å². The Morgan fingerprint density at radius 1 is 1.06 bits per heavy atom. The molecule has 0 spiro atoms. The summed E-state index contributed by atoms with van der Waals surface area (Å²) >= 11 is 0. The van der Waals surface area contributed by atoms with E-state index in [1.54, 1.807) is 0 Å². The van der Waals surface area contributed by atoms with Crippen molar-refractivity contribution in [3.05, 3.63) is 0 Å². The minimum Gasteiger partial charge on any atom is -0.444 e. The highest BCUT2D eigenvalue weighted by Gasteiger charge is 2.30. The van der Waals surface area contributed by atoms with Crippen LogP contribution in [0.4, 0.5) is 4.79 Å². The lowest BCUT2D eigenvalue weighted by atomic mass is 9.93. The predicted octanol–water partition coefficient (Wildman–Crippen LogP) is 1.97. The van der Waals surface area contributed by atoms with Crippen LogP contribution in [0.3, 0.4) is 0 Å². The van der Waals surface area contributed by atoms with E-state index in [0.29, 0.717) is 32.1 Å². The van der Waals surface area contributed by atoms with Gasteiger partial charge in [0.25, 0.3) is 0 Å². The van der Waals surface area contributed by atoms with Crippen LogP contribution in [0.1, 0.15) is 54.4 Å². The molecular weight excluding hydrogens is 533 g/mol. The van der Waals surface area contributed by atoms with Gasteiger partial charge in [-0.2, -0.15) is 0 Å². The molecule has 1 amide bonds. The lowest BCUT2D eigenvalue weighted by molar-refractivity contribution is 0.0452. The average molecular weight is 576 g/mol. The average Bonchev–Trinajstić information content (AvgIpc) is 2.64. The summed E-state index contributed by atoms with van der Waals surface area (Å²) in [5.41, 5.74) is -1.03. The van der Waals surface area contributed by atoms with Crippen LogP contribution < -0.4 is 16.0 Å². The van der Waals surface area contributed by atoms with E-state index in [-0.39, 0.29) is 35.5 Å². The van der Waals surface area contributed by atoms with Gasteiger partial charge in [0.15, 0.2) is 15.8 Å². The SMILES string of the molecule is CCNC(=NCC(CC)(CC)NC(=O)OC(C)(C)C)NCCN1CCS(=O)(=O)CC1.I. The maximum atomic E-state index is 12.3. The van der Waals surface area contributed by atoms with Crippen molar-refractivity contribution in [1.29, 1.82) is 0 Å². The Hall–Kier alpha value is -0.820. The molecule has 1 heterocycles. The number of sulfone groups is 1. The van der Waals surface area contributed by atoms with Crippen molar-refractivity contribution in [3.8, 4) is 0 Å². The molecule has 0 aromatic heterocycles. The smallest absolute Gasteiger partial charge is 0.408 e. The fraction of sp³-hybridized carbons (Fsp3) is 0.900. The maximum Gasteiger partial charge on any atom is 0.408 e. The second-order valence-corrected chi connectivity index (χ2v) is 11.0. The monoisotopic (exact) mass is 575 g/mol. The first-order chi connectivity index (χ1) is 13.9. The van der Waals surface area contributed by atoms with E-state index in [4.69, 9.17) is 9.73 Å². The number of alkyl carbamates (subject to hydrolysis) is 1. The molecule has 1 aliphatic rings. The summed E-state index contributed by atoms with van der Waals surface area (Å²) in [5.74, 6) is 1.14. The summed E-state index contributed by atoms with van der Waals surface area (Å²) in [4.78, 5) is 19.1. The zero-order valence-corrected chi connectivity index (χ0v) is 23.1. The topological polar surface area (TPSA) is 112 Å². The molecule has 184 valence electrons. The molecule has 0 aliphatic carbocycles. The highest BCUT2D eigenvalue weighted by Crippen LogP contribution is 2.17. The molecule has 1 aliphatic heterocycles. The summed E-state index contributed by atoms with van der Waals surface area (Å²) < 4.78 is 28.5. The molecule has 1 fully saturated rings. The number of aliphatic imine (C=N–C) groups is 1. The lowest BCUT2D eigenvalue weighted by Crippen LogP contribution is -2.52. The molecule has 0 atom stereocenters. The van der Waals surface area contributed by atoms with Gasteiger partial charge >= 0.3 is 6.09 Å². The van der Waals surface area contributed by atoms with Gasteiger partial charge in [-0.1, -0.05) is 13.8 Å². The summed E-state index contributed by atoms with van der Waals surface area (Å²) in [6.45, 7) is 15.3. The van der Waals surface area contributed by atoms with E-state index in [1.165, 1.54) is 0 Å². The van der Waals surface area contributed by atoms with Crippen LogP contribution >= 0.6 is 24.0 Å². The van der Waals surface area contributed by atoms with Crippen molar-refractivity contribution in [2.24, 2.45) is 4.99 Å². The van der Waals surface area contributed by atoms with Crippen LogP contribution in [-0.4, -0.2) is 87.3 Å². The second kappa shape index (κ2) is 13.7. The summed E-state index contributed by atoms with van der Waals surface area (Å²) in [7, 11) is -2.86. The molecule has 11 heteroatoms. The number of nitrogens with one attached hydrogen (secondary N) is 3. The molecule has 3 N–H and O–H groups in total. The van der Waals surface area contributed by atoms with Crippen molar-refractivity contribution < 1.29 is 17.9 Å². The van der Waals surface area contributed by atoms with Gasteiger partial charge in [0.2, 0.25) is 0 Å². The van der Waals surface area contributed by atoms with Crippen LogP contribution in [0.15, 0.2) is 4.99 Å². The van der Waals surface area contributed by atoms with Gasteiger partial charge in [-0.15, -0.1) is 24.0 Å². The number of halogens is 1. The normalized spacial score (nSPS) is 17.4. The Morgan fingerprint density at radius 3 is 2.13 bits per heavy atom. The van der Waals surface area contributed by atoms with Gasteiger partial charge in [0, 0.05) is 32.7 Å². The van der Waals surface area contributed by atoms with E-state index >= 15 is 0 Å². The maximum absolute atomic E-state index is 12.3. The predicted molar refractivity (Wildman–Crippen MR) is 137 cm³/mol. The quantitative estimate of drug-likeness (QED) is 0.219. The number of ether oxygens (including phenoxy) is 1. The number of hydrogen-bond donors (Lipinski definition) is 3. The zero-order chi connectivity index (χ0) is 22.8. The van der Waals surface area contributed by atoms with Crippen LogP contribution in [-0.2, 0) is 14.6 Å². The molecule has 0 unspecified atom stereocenters. The molecule has 1 saturated heterocycles. The molecule has 0 radical (unpaired) electrons. The Morgan fingerprint density at radius 2 is 1.65 bits per heavy atom. The van der Waals surface area contributed by atoms with Crippen LogP contribution in [0.5, 0.6) is 0 Å². The minimum atomic E-state index is -2.86. The number of amides is 1. The number of hydrogen-bond acceptors (Lipinski definition) is 6. The molecule has 0 bridgehead atoms. The van der Waals surface area contributed by atoms with Crippen molar-refractivity contribution in [1.82, 2.24) is 20.9 Å². The molecule has 0 aromatic rings. The number of rotatable bonds is 9. The van der Waals surface area contributed by atoms with Crippen molar-refractivity contribution in [3.63, 3.8) is 0 Å². The molecule has 0 aromatic carbocycles. The Balaban J connectivity index is 0.00000900. The third kappa shape index (κ3) is 12.1. The molecule has 31 heavy (non-hydrogen) atoms. The molecule has 1 rings (SSSR count). The van der Waals surface area contributed by atoms with Gasteiger partial charge < -0.3 is 20.7 Å². The summed E-state index contributed by atoms with van der Waals surface area (Å²) in [5, 5.41) is 9.54. The minimum absolute atomic E-state index is 0. The highest BCUT2D eigenvalue weighted by atomic mass is 127. The van der Waals surface area contributed by atoms with Gasteiger partial charge in [-0.25, -0.2) is 13.2 Å². The molecular formula is C20H42IN5O4S. The second-order valence-electron chi connectivity index (χ2n) is 8.73. The van der Waals surface area contributed by atoms with Gasteiger partial charge in [-0.3, -0.25) is 9.89 Å². The van der Waals surface area contributed by atoms with E-state index in [9.17, 15) is 13.2 Å². The van der Waals surface area contributed by atoms with E-state index in [1.807, 2.05) is 41.5 Å². The number of nitrogens with zero attached hydrogens (tertiary/aromatic N) is 2. The molecule has 9 nitrogen and oxygen atoms in total. The van der Waals surface area contributed by atoms with Gasteiger partial charge in [0.05, 0.1) is 23.6 Å². The Labute approximate surface area is 205 Å². The van der Waals surface area contributed by atoms with E-state index in [2.05, 4.69) is 20.9 Å². The number of guanidine groups is 1. The fourth-order valence-corrected chi connectivity index (χ4v) is 4.37. The van der Waals surface area contributed by atoms with Crippen LogP contribution in [0, 0.1) is 0 Å². The molecule has 0 saturated carbocycles. The zero-order valence-electron chi connectivity index (χ0n) is 19.9. The van der Waals surface area contributed by atoms with Crippen molar-refractivity contribution in [2.75, 3.05) is 50.8 Å². The third-order valence-electron chi connectivity index (χ3n) is 5.16. The summed E-state index contributed by atoms with van der Waals surface area (Å²) in [6.07, 6.45) is 1.03. The van der Waals surface area contributed by atoms with Crippen molar-refractivity contribution in [2.45, 2.75) is 65.5 Å². The number of carbonyl (C=O) groups excluding carboxylic acids is 1. The van der Waals surface area contributed by atoms with Gasteiger partial charge in [0.1, 0.15) is 5.60 Å². The Kier molecular flexibility index (Phi) is 13.3. The third-order valence-corrected chi connectivity index (χ3v) is 6.77. The first kappa shape index (κ1) is 30.2. The first-order valence-electron chi connectivity index (χ1n) is 10.9. The van der Waals surface area contributed by atoms with Crippen LogP contribution in [0.2, 0.25) is 0 Å². The lowest BCUT2D eigenvalue weighted by Gasteiger charge is -2.33. The largest absolute Gasteiger partial charge is 0.444 e. The first-order valence-corrected chi connectivity index (χ1v) is 12.7. The highest BCUT2D eigenvalue weighted by molar-refractivity contribution is 14.0. The number of carbonyl (C=O) groups is 1. The Bertz CT molecular complexity index is 662. The van der Waals surface area contributed by atoms with Gasteiger partial charge in [-0.05, 0) is 40.5 Å². The van der Waals surface area contributed by atoms with E-state index < -0.39 is 27.1 Å². The summed E-state index contributed by atoms with van der Waals surface area (Å²) in [6, 6.07) is 0. The fourth-order valence-electron chi connectivity index (χ4n) is 3.09. The van der Waals surface area contributed by atoms with Crippen molar-refractivity contribution >= 4 is 45.9 Å².